The Hall–Kier alpha value is -2.40. The molecule has 1 aromatic carbocycles. The lowest BCUT2D eigenvalue weighted by molar-refractivity contribution is -0.139. The monoisotopic (exact) mass is 421 g/mol. The normalized spacial score (nSPS) is 20.5. The van der Waals surface area contributed by atoms with Crippen LogP contribution in [-0.4, -0.2) is 60.0 Å². The molecular formula is C26H35N3O2. The molecule has 4 rings (SSSR count). The van der Waals surface area contributed by atoms with E-state index in [9.17, 15) is 4.79 Å². The Morgan fingerprint density at radius 3 is 2.65 bits per heavy atom. The molecule has 2 aliphatic heterocycles. The van der Waals surface area contributed by atoms with Crippen molar-refractivity contribution in [3.05, 3.63) is 59.9 Å². The number of pyridine rings is 1. The Kier molecular flexibility index (Phi) is 7.57. The lowest BCUT2D eigenvalue weighted by Gasteiger charge is -2.37. The molecule has 1 amide bonds. The molecule has 166 valence electrons. The van der Waals surface area contributed by atoms with Gasteiger partial charge in [0, 0.05) is 49.8 Å². The van der Waals surface area contributed by atoms with Crippen LogP contribution in [-0.2, 0) is 11.2 Å². The first-order valence-corrected chi connectivity index (χ1v) is 11.8. The number of benzene rings is 1. The number of aromatic nitrogens is 1. The Morgan fingerprint density at radius 2 is 1.87 bits per heavy atom. The van der Waals surface area contributed by atoms with E-state index in [2.05, 4.69) is 33.8 Å². The largest absolute Gasteiger partial charge is 0.493 e. The first-order valence-electron chi connectivity index (χ1n) is 11.8. The number of carbonyl (C=O) groups excluding carboxylic acids is 1. The maximum atomic E-state index is 13.2. The summed E-state index contributed by atoms with van der Waals surface area (Å²) in [7, 11) is 0. The van der Waals surface area contributed by atoms with Crippen LogP contribution in [0.3, 0.4) is 0 Å². The molecule has 31 heavy (non-hydrogen) atoms. The van der Waals surface area contributed by atoms with Crippen molar-refractivity contribution in [3.8, 4) is 5.75 Å². The van der Waals surface area contributed by atoms with Gasteiger partial charge in [0.25, 0.3) is 0 Å². The van der Waals surface area contributed by atoms with Crippen LogP contribution in [0.4, 0.5) is 0 Å². The van der Waals surface area contributed by atoms with E-state index in [1.807, 2.05) is 36.5 Å². The molecule has 5 nitrogen and oxygen atoms in total. The number of carbonyl (C=O) groups is 1. The van der Waals surface area contributed by atoms with Gasteiger partial charge in [-0.15, -0.1) is 0 Å². The molecule has 0 bridgehead atoms. The minimum absolute atomic E-state index is 0.183. The molecule has 2 fully saturated rings. The molecule has 1 unspecified atom stereocenters. The van der Waals surface area contributed by atoms with Crippen molar-refractivity contribution in [1.29, 1.82) is 0 Å². The van der Waals surface area contributed by atoms with Crippen molar-refractivity contribution in [2.75, 3.05) is 39.3 Å². The van der Waals surface area contributed by atoms with E-state index in [1.54, 1.807) is 0 Å². The minimum Gasteiger partial charge on any atom is -0.493 e. The van der Waals surface area contributed by atoms with Crippen molar-refractivity contribution < 1.29 is 9.53 Å². The fourth-order valence-electron chi connectivity index (χ4n) is 4.81. The number of hydrogen-bond acceptors (Lipinski definition) is 4. The third-order valence-corrected chi connectivity index (χ3v) is 6.75. The molecule has 3 heterocycles. The van der Waals surface area contributed by atoms with Gasteiger partial charge in [0.2, 0.25) is 5.91 Å². The second-order valence-electron chi connectivity index (χ2n) is 9.06. The van der Waals surface area contributed by atoms with Gasteiger partial charge in [0.1, 0.15) is 5.75 Å². The van der Waals surface area contributed by atoms with Crippen molar-refractivity contribution in [3.63, 3.8) is 0 Å². The van der Waals surface area contributed by atoms with Crippen LogP contribution in [0.5, 0.6) is 5.75 Å². The number of ether oxygens (including phenoxy) is 1. The predicted octanol–water partition coefficient (Wildman–Crippen LogP) is 3.96. The molecule has 0 radical (unpaired) electrons. The fraction of sp³-hybridized carbons (Fsp3) is 0.538. The zero-order chi connectivity index (χ0) is 21.5. The summed E-state index contributed by atoms with van der Waals surface area (Å²) in [6.07, 6.45) is 7.01. The number of likely N-dealkylation sites (tertiary alicyclic amines) is 2. The van der Waals surface area contributed by atoms with E-state index in [0.29, 0.717) is 18.4 Å². The van der Waals surface area contributed by atoms with Crippen LogP contribution in [0.15, 0.2) is 48.7 Å². The Bertz CT molecular complexity index is 834. The fourth-order valence-corrected chi connectivity index (χ4v) is 4.81. The second kappa shape index (κ2) is 10.8. The third-order valence-electron chi connectivity index (χ3n) is 6.75. The molecule has 0 N–H and O–H groups in total. The molecule has 2 aromatic rings. The maximum absolute atomic E-state index is 13.2. The molecule has 0 saturated carbocycles. The van der Waals surface area contributed by atoms with Crippen molar-refractivity contribution in [2.45, 2.75) is 39.0 Å². The average Bonchev–Trinajstić information content (AvgIpc) is 2.83. The van der Waals surface area contributed by atoms with Crippen LogP contribution >= 0.6 is 0 Å². The Labute approximate surface area is 186 Å². The zero-order valence-corrected chi connectivity index (χ0v) is 18.7. The Morgan fingerprint density at radius 1 is 1.06 bits per heavy atom. The van der Waals surface area contributed by atoms with Crippen molar-refractivity contribution >= 4 is 5.91 Å². The van der Waals surface area contributed by atoms with E-state index in [4.69, 9.17) is 4.74 Å². The number of amides is 1. The van der Waals surface area contributed by atoms with Crippen LogP contribution in [0.2, 0.25) is 0 Å². The van der Waals surface area contributed by atoms with E-state index in [1.165, 1.54) is 5.56 Å². The van der Waals surface area contributed by atoms with E-state index in [-0.39, 0.29) is 5.92 Å². The van der Waals surface area contributed by atoms with Gasteiger partial charge in [-0.1, -0.05) is 24.3 Å². The van der Waals surface area contributed by atoms with Gasteiger partial charge in [0.15, 0.2) is 0 Å². The highest BCUT2D eigenvalue weighted by atomic mass is 16.5. The summed E-state index contributed by atoms with van der Waals surface area (Å²) in [5, 5.41) is 0. The van der Waals surface area contributed by atoms with E-state index < -0.39 is 0 Å². The third kappa shape index (κ3) is 6.07. The van der Waals surface area contributed by atoms with Gasteiger partial charge in [-0.05, 0) is 69.5 Å². The van der Waals surface area contributed by atoms with Gasteiger partial charge in [0.05, 0.1) is 6.61 Å². The molecule has 1 atom stereocenters. The highest BCUT2D eigenvalue weighted by Gasteiger charge is 2.31. The molecule has 1 aromatic heterocycles. The molecule has 5 heteroatoms. The second-order valence-corrected chi connectivity index (χ2v) is 9.06. The lowest BCUT2D eigenvalue weighted by atomic mass is 9.92. The lowest BCUT2D eigenvalue weighted by Crippen LogP contribution is -2.47. The van der Waals surface area contributed by atoms with Crippen molar-refractivity contribution in [1.82, 2.24) is 14.8 Å². The first-order chi connectivity index (χ1) is 15.2. The molecule has 0 aliphatic carbocycles. The minimum atomic E-state index is 0.183. The number of hydrogen-bond donors (Lipinski definition) is 0. The summed E-state index contributed by atoms with van der Waals surface area (Å²) in [5.41, 5.74) is 2.31. The molecule has 0 spiro atoms. The highest BCUT2D eigenvalue weighted by Crippen LogP contribution is 2.25. The standard InChI is InChI=1S/C26H35N3O2/c1-21-7-2-3-10-25(21)31-20-22-8-6-15-29(19-22)26(30)23-11-16-28(17-12-23)18-13-24-9-4-5-14-27-24/h2-5,7,9-10,14,22-23H,6,8,11-13,15-20H2,1H3. The van der Waals surface area contributed by atoms with Crippen molar-refractivity contribution in [2.24, 2.45) is 11.8 Å². The summed E-state index contributed by atoms with van der Waals surface area (Å²) in [5.74, 6) is 1.94. The van der Waals surface area contributed by atoms with Gasteiger partial charge in [-0.25, -0.2) is 0 Å². The van der Waals surface area contributed by atoms with Gasteiger partial charge in [-0.2, -0.15) is 0 Å². The molecule has 2 saturated heterocycles. The smallest absolute Gasteiger partial charge is 0.225 e. The topological polar surface area (TPSA) is 45.7 Å². The quantitative estimate of drug-likeness (QED) is 0.679. The molecule has 2 aliphatic rings. The average molecular weight is 422 g/mol. The number of para-hydroxylation sites is 1. The van der Waals surface area contributed by atoms with Gasteiger partial charge >= 0.3 is 0 Å². The van der Waals surface area contributed by atoms with Crippen LogP contribution in [0.1, 0.15) is 36.9 Å². The highest BCUT2D eigenvalue weighted by molar-refractivity contribution is 5.79. The number of nitrogens with zero attached hydrogens (tertiary/aromatic N) is 3. The van der Waals surface area contributed by atoms with E-state index in [0.717, 1.165) is 76.3 Å². The van der Waals surface area contributed by atoms with Gasteiger partial charge < -0.3 is 14.5 Å². The first kappa shape index (κ1) is 21.8. The zero-order valence-electron chi connectivity index (χ0n) is 18.7. The van der Waals surface area contributed by atoms with Crippen LogP contribution in [0.25, 0.3) is 0 Å². The predicted molar refractivity (Wildman–Crippen MR) is 123 cm³/mol. The van der Waals surface area contributed by atoms with Crippen LogP contribution < -0.4 is 4.74 Å². The maximum Gasteiger partial charge on any atom is 0.225 e. The summed E-state index contributed by atoms with van der Waals surface area (Å²) in [6.45, 7) is 7.56. The Balaban J connectivity index is 1.21. The van der Waals surface area contributed by atoms with E-state index >= 15 is 0 Å². The summed E-state index contributed by atoms with van der Waals surface area (Å²) < 4.78 is 6.08. The van der Waals surface area contributed by atoms with Crippen LogP contribution in [0, 0.1) is 18.8 Å². The number of aryl methyl sites for hydroxylation is 1. The SMILES string of the molecule is Cc1ccccc1OCC1CCCN(C(=O)C2CCN(CCc3ccccn3)CC2)C1. The number of rotatable bonds is 7. The van der Waals surface area contributed by atoms with Gasteiger partial charge in [-0.3, -0.25) is 9.78 Å². The summed E-state index contributed by atoms with van der Waals surface area (Å²) in [6, 6.07) is 14.3. The molecular weight excluding hydrogens is 386 g/mol. The summed E-state index contributed by atoms with van der Waals surface area (Å²) >= 11 is 0. The summed E-state index contributed by atoms with van der Waals surface area (Å²) in [4.78, 5) is 22.2. The number of piperidine rings is 2.